The standard InChI is InChI=1S/C2N2S.Pb/c3-1-5-2-4;. The van der Waals surface area contributed by atoms with Crippen molar-refractivity contribution in [2.45, 2.75) is 0 Å². The zero-order valence-electron chi connectivity index (χ0n) is 2.80. The Morgan fingerprint density at radius 3 is 1.50 bits per heavy atom. The van der Waals surface area contributed by atoms with Gasteiger partial charge in [0.25, 0.3) is 0 Å². The second-order valence-corrected chi connectivity index (χ2v) is 0.854. The number of hydrogen-bond acceptors (Lipinski definition) is 3. The van der Waals surface area contributed by atoms with E-state index >= 15 is 0 Å². The molecular weight excluding hydrogens is 291 g/mol. The second-order valence-electron chi connectivity index (χ2n) is 0.285. The Labute approximate surface area is 60.3 Å². The third-order valence-electron chi connectivity index (χ3n) is 0.0913. The minimum absolute atomic E-state index is 0. The van der Waals surface area contributed by atoms with Crippen LogP contribution in [-0.4, -0.2) is 27.3 Å². The summed E-state index contributed by atoms with van der Waals surface area (Å²) >= 11 is 0.574. The largest absolute Gasteiger partial charge is 0.184 e. The molecule has 28 valence electrons. The average Bonchev–Trinajstić information content (AvgIpc) is 1.41. The number of thiocyanates is 2. The maximum absolute atomic E-state index is 7.56. The molecule has 0 aromatic carbocycles. The molecule has 0 fully saturated rings. The van der Waals surface area contributed by atoms with E-state index in [1.807, 2.05) is 0 Å². The van der Waals surface area contributed by atoms with E-state index in [9.17, 15) is 0 Å². The molecule has 0 bridgehead atoms. The van der Waals surface area contributed by atoms with Crippen molar-refractivity contribution >= 4 is 39.1 Å². The Morgan fingerprint density at radius 2 is 1.50 bits per heavy atom. The normalized spacial score (nSPS) is 3.67. The van der Waals surface area contributed by atoms with Gasteiger partial charge in [0.05, 0.1) is 11.8 Å². The second kappa shape index (κ2) is 8.98. The number of nitrogens with zero attached hydrogens (tertiary/aromatic N) is 2. The number of nitriles is 2. The number of hydrogen-bond donors (Lipinski definition) is 0. The Kier molecular flexibility index (Phi) is 14.3. The van der Waals surface area contributed by atoms with Crippen LogP contribution in [0.4, 0.5) is 0 Å². The molecule has 0 saturated carbocycles. The van der Waals surface area contributed by atoms with Crippen LogP contribution in [0.5, 0.6) is 0 Å². The molecule has 0 aromatic rings. The van der Waals surface area contributed by atoms with Crippen LogP contribution in [0.3, 0.4) is 0 Å². The third kappa shape index (κ3) is 8.87. The van der Waals surface area contributed by atoms with Crippen LogP contribution in [0.1, 0.15) is 0 Å². The fraction of sp³-hybridized carbons (Fsp3) is 0. The van der Waals surface area contributed by atoms with Gasteiger partial charge in [-0.3, -0.25) is 0 Å². The summed E-state index contributed by atoms with van der Waals surface area (Å²) in [5, 5.41) is 18.3. The van der Waals surface area contributed by atoms with Gasteiger partial charge in [-0.2, -0.15) is 10.5 Å². The van der Waals surface area contributed by atoms with Crippen molar-refractivity contribution in [3.05, 3.63) is 0 Å². The first-order valence-corrected chi connectivity index (χ1v) is 1.67. The first-order chi connectivity index (χ1) is 2.41. The van der Waals surface area contributed by atoms with Crippen molar-refractivity contribution in [3.8, 4) is 10.8 Å². The minimum Gasteiger partial charge on any atom is -0.184 e. The first kappa shape index (κ1) is 9.54. The van der Waals surface area contributed by atoms with E-state index < -0.39 is 0 Å². The molecule has 0 aliphatic carbocycles. The summed E-state index contributed by atoms with van der Waals surface area (Å²) in [7, 11) is 0. The van der Waals surface area contributed by atoms with Gasteiger partial charge in [-0.25, -0.2) is 0 Å². The fourth-order valence-electron chi connectivity index (χ4n) is 0.0204. The van der Waals surface area contributed by atoms with Crippen molar-refractivity contribution in [1.29, 1.82) is 10.5 Å². The molecule has 0 saturated heterocycles. The SMILES string of the molecule is N#CSC#N.[Pb]. The van der Waals surface area contributed by atoms with Crippen LogP contribution >= 0.6 is 11.8 Å². The Hall–Kier alpha value is 0.252. The van der Waals surface area contributed by atoms with Crippen LogP contribution in [-0.2, 0) is 0 Å². The van der Waals surface area contributed by atoms with E-state index in [2.05, 4.69) is 0 Å². The van der Waals surface area contributed by atoms with Gasteiger partial charge in [-0.1, -0.05) is 0 Å². The summed E-state index contributed by atoms with van der Waals surface area (Å²) in [6.45, 7) is 0. The molecule has 0 N–H and O–H groups in total. The van der Waals surface area contributed by atoms with Crippen LogP contribution in [0.15, 0.2) is 0 Å². The summed E-state index contributed by atoms with van der Waals surface area (Å²) in [4.78, 5) is 0. The van der Waals surface area contributed by atoms with Gasteiger partial charge in [0.1, 0.15) is 10.8 Å². The molecule has 0 rings (SSSR count). The summed E-state index contributed by atoms with van der Waals surface area (Å²) in [6.07, 6.45) is 0. The van der Waals surface area contributed by atoms with Gasteiger partial charge < -0.3 is 0 Å². The molecule has 0 spiro atoms. The number of rotatable bonds is 0. The maximum Gasteiger partial charge on any atom is 0.149 e. The molecule has 0 aromatic heterocycles. The van der Waals surface area contributed by atoms with Crippen LogP contribution in [0, 0.1) is 21.3 Å². The monoisotopic (exact) mass is 292 g/mol. The molecule has 0 aliphatic rings. The van der Waals surface area contributed by atoms with Gasteiger partial charge in [0.2, 0.25) is 0 Å². The summed E-state index contributed by atoms with van der Waals surface area (Å²) in [5.41, 5.74) is 0. The topological polar surface area (TPSA) is 47.6 Å². The number of thioether (sulfide) groups is 1. The molecule has 0 amide bonds. The molecule has 0 aliphatic heterocycles. The Morgan fingerprint density at radius 1 is 1.17 bits per heavy atom. The summed E-state index contributed by atoms with van der Waals surface area (Å²) in [6, 6.07) is 0. The van der Waals surface area contributed by atoms with Gasteiger partial charge in [0, 0.05) is 27.3 Å². The van der Waals surface area contributed by atoms with E-state index in [1.54, 1.807) is 10.8 Å². The molecule has 6 heavy (non-hydrogen) atoms. The van der Waals surface area contributed by atoms with E-state index in [0.717, 1.165) is 0 Å². The molecule has 4 heteroatoms. The van der Waals surface area contributed by atoms with Crippen LogP contribution in [0.25, 0.3) is 0 Å². The predicted molar refractivity (Wildman–Crippen MR) is 24.6 cm³/mol. The third-order valence-corrected chi connectivity index (χ3v) is 0.274. The van der Waals surface area contributed by atoms with Gasteiger partial charge in [0.15, 0.2) is 0 Å². The quantitative estimate of drug-likeness (QED) is 0.476. The first-order valence-electron chi connectivity index (χ1n) is 0.855. The van der Waals surface area contributed by atoms with E-state index in [4.69, 9.17) is 10.5 Å². The van der Waals surface area contributed by atoms with Crippen molar-refractivity contribution in [3.63, 3.8) is 0 Å². The van der Waals surface area contributed by atoms with Crippen molar-refractivity contribution in [1.82, 2.24) is 0 Å². The van der Waals surface area contributed by atoms with Gasteiger partial charge >= 0.3 is 0 Å². The van der Waals surface area contributed by atoms with E-state index in [1.165, 1.54) is 0 Å². The zero-order valence-corrected chi connectivity index (χ0v) is 7.51. The van der Waals surface area contributed by atoms with Crippen LogP contribution in [0.2, 0.25) is 0 Å². The average molecular weight is 291 g/mol. The molecule has 0 atom stereocenters. The van der Waals surface area contributed by atoms with E-state index in [-0.39, 0.29) is 27.3 Å². The molecule has 2 nitrogen and oxygen atoms in total. The summed E-state index contributed by atoms with van der Waals surface area (Å²) in [5.74, 6) is 0. The predicted octanol–water partition coefficient (Wildman–Crippen LogP) is 0.301. The molecule has 0 unspecified atom stereocenters. The minimum atomic E-state index is 0. The molecular formula is C2N2PbS. The van der Waals surface area contributed by atoms with Crippen LogP contribution < -0.4 is 0 Å². The van der Waals surface area contributed by atoms with E-state index in [0.29, 0.717) is 11.8 Å². The van der Waals surface area contributed by atoms with Gasteiger partial charge in [-0.15, -0.1) is 0 Å². The van der Waals surface area contributed by atoms with Crippen molar-refractivity contribution in [2.24, 2.45) is 0 Å². The fourth-order valence-corrected chi connectivity index (χ4v) is 0.0612. The van der Waals surface area contributed by atoms with Gasteiger partial charge in [-0.05, 0) is 0 Å². The smallest absolute Gasteiger partial charge is 0.149 e. The van der Waals surface area contributed by atoms with Crippen molar-refractivity contribution in [2.75, 3.05) is 0 Å². The Balaban J connectivity index is 0. The molecule has 4 radical (unpaired) electrons. The maximum atomic E-state index is 7.56. The zero-order chi connectivity index (χ0) is 4.12. The molecule has 0 heterocycles. The van der Waals surface area contributed by atoms with Crippen molar-refractivity contribution < 1.29 is 0 Å². The Bertz CT molecular complexity index is 76.7. The summed E-state index contributed by atoms with van der Waals surface area (Å²) < 4.78 is 0.